The fourth-order valence-electron chi connectivity index (χ4n) is 6.72. The molecule has 0 radical (unpaired) electrons. The lowest BCUT2D eigenvalue weighted by Crippen LogP contribution is -2.35. The number of rotatable bonds is 8. The van der Waals surface area contributed by atoms with Gasteiger partial charge < -0.3 is 54.0 Å². The van der Waals surface area contributed by atoms with E-state index in [9.17, 15) is 28.6 Å². The molecule has 59 heavy (non-hydrogen) atoms. The Bertz CT molecular complexity index is 2140. The van der Waals surface area contributed by atoms with Gasteiger partial charge in [0.05, 0.1) is 25.9 Å². The van der Waals surface area contributed by atoms with Crippen LogP contribution in [0.1, 0.15) is 54.0 Å². The standard InChI is InChI=1S/C21H22F2N8O11P2S.2C6H15N/c22-7-1-30(17-10(7)19(33)28-5-26-17)21-15-13(32)8(39-21)2-37-43(34,35)41-14-9(3-38-44(36,45)42-15)40-20(11(14)23)31-6-29-12-16(24)25-4-27-18(12)31;2*1-4-7(5-2)6-3/h1,4-6,8-9,11,13-15,20-21,32H,2-3H2,(H,34,35)(H,36,45)(H2,24,25,27)(H,26,28,33);2*4-6H2,1-3H3/t8-,9-,11-,13-,14-,15-,20-,21-,44?;;/m1../s1. The van der Waals surface area contributed by atoms with Crippen LogP contribution in [0.5, 0.6) is 0 Å². The second-order valence-electron chi connectivity index (χ2n) is 13.4. The zero-order chi connectivity index (χ0) is 43.2. The topological polar surface area (TPSA) is 260 Å². The van der Waals surface area contributed by atoms with Gasteiger partial charge in [-0.3, -0.25) is 22.9 Å². The number of phosphoric acid groups is 1. The van der Waals surface area contributed by atoms with E-state index < -0.39 is 93.7 Å². The van der Waals surface area contributed by atoms with Gasteiger partial charge in [-0.15, -0.1) is 0 Å². The number of aliphatic hydroxyl groups is 1. The van der Waals surface area contributed by atoms with Crippen LogP contribution in [0.2, 0.25) is 0 Å². The van der Waals surface area contributed by atoms with E-state index in [1.165, 1.54) is 50.2 Å². The number of imidazole rings is 1. The summed E-state index contributed by atoms with van der Waals surface area (Å²) in [6.07, 6.45) is -9.18. The van der Waals surface area contributed by atoms with E-state index in [1.54, 1.807) is 0 Å². The molecule has 3 fully saturated rings. The van der Waals surface area contributed by atoms with E-state index >= 15 is 4.39 Å². The van der Waals surface area contributed by atoms with Gasteiger partial charge in [0.15, 0.2) is 41.6 Å². The molecule has 3 aliphatic heterocycles. The number of aromatic nitrogens is 7. The Hall–Kier alpha value is -2.93. The van der Waals surface area contributed by atoms with Crippen molar-refractivity contribution in [3.63, 3.8) is 0 Å². The maximum Gasteiger partial charge on any atom is 0.472 e. The van der Waals surface area contributed by atoms with Crippen LogP contribution >= 0.6 is 14.5 Å². The van der Waals surface area contributed by atoms with Crippen molar-refractivity contribution in [2.45, 2.75) is 90.7 Å². The van der Waals surface area contributed by atoms with Gasteiger partial charge in [0, 0.05) is 6.20 Å². The average Bonchev–Trinajstić information content (AvgIpc) is 3.95. The molecule has 2 bridgehead atoms. The molecule has 26 heteroatoms. The number of anilines is 1. The zero-order valence-electron chi connectivity index (χ0n) is 33.4. The molecule has 0 amide bonds. The second kappa shape index (κ2) is 20.3. The summed E-state index contributed by atoms with van der Waals surface area (Å²) in [4.78, 5) is 56.6. The summed E-state index contributed by atoms with van der Waals surface area (Å²) >= 11 is 5.15. The Labute approximate surface area is 343 Å². The van der Waals surface area contributed by atoms with Crippen LogP contribution in [0.15, 0.2) is 30.0 Å². The molecule has 7 rings (SSSR count). The predicted molar refractivity (Wildman–Crippen MR) is 214 cm³/mol. The first-order valence-corrected chi connectivity index (χ1v) is 23.2. The normalized spacial score (nSPS) is 31.2. The van der Waals surface area contributed by atoms with E-state index in [2.05, 4.69) is 76.3 Å². The maximum absolute atomic E-state index is 15.9. The molecule has 2 unspecified atom stereocenters. The Morgan fingerprint density at radius 3 is 2.10 bits per heavy atom. The van der Waals surface area contributed by atoms with Crippen LogP contribution in [0.25, 0.3) is 22.2 Å². The maximum atomic E-state index is 15.9. The van der Waals surface area contributed by atoms with Crippen molar-refractivity contribution in [1.29, 1.82) is 0 Å². The summed E-state index contributed by atoms with van der Waals surface area (Å²) in [5, 5.41) is 10.6. The van der Waals surface area contributed by atoms with E-state index in [1.807, 2.05) is 0 Å². The number of nitrogens with one attached hydrogen (secondary N) is 1. The third kappa shape index (κ3) is 10.8. The van der Waals surface area contributed by atoms with Crippen LogP contribution < -0.4 is 11.3 Å². The highest BCUT2D eigenvalue weighted by Crippen LogP contribution is 2.54. The molecule has 7 heterocycles. The smallest absolute Gasteiger partial charge is 0.387 e. The van der Waals surface area contributed by atoms with E-state index in [4.69, 9.17) is 45.1 Å². The molecule has 0 aromatic carbocycles. The minimum atomic E-state index is -5.13. The van der Waals surface area contributed by atoms with Crippen LogP contribution in [0, 0.1) is 5.82 Å². The van der Waals surface area contributed by atoms with Crippen molar-refractivity contribution in [1.82, 2.24) is 43.9 Å². The summed E-state index contributed by atoms with van der Waals surface area (Å²) in [6.45, 7) is 14.3. The molecule has 21 nitrogen and oxygen atoms in total. The number of ether oxygens (including phenoxy) is 2. The molecule has 10 atom stereocenters. The van der Waals surface area contributed by atoms with Gasteiger partial charge >= 0.3 is 14.5 Å². The number of nitrogens with two attached hydrogens (primary N) is 1. The fraction of sp³-hybridized carbons (Fsp3) is 0.667. The molecule has 6 N–H and O–H groups in total. The quantitative estimate of drug-likeness (QED) is 0.159. The first-order valence-electron chi connectivity index (χ1n) is 19.1. The molecule has 0 aliphatic carbocycles. The van der Waals surface area contributed by atoms with Gasteiger partial charge in [-0.2, -0.15) is 0 Å². The number of nitrogen functional groups attached to an aromatic ring is 1. The molecule has 4 aromatic heterocycles. The molecule has 3 aliphatic rings. The van der Waals surface area contributed by atoms with Crippen molar-refractivity contribution < 1.29 is 55.8 Å². The highest BCUT2D eigenvalue weighted by Gasteiger charge is 2.54. The van der Waals surface area contributed by atoms with Gasteiger partial charge in [0.25, 0.3) is 5.56 Å². The molecule has 4 aromatic rings. The Morgan fingerprint density at radius 2 is 1.49 bits per heavy atom. The first kappa shape index (κ1) is 47.1. The van der Waals surface area contributed by atoms with Crippen LogP contribution in [-0.2, 0) is 43.9 Å². The van der Waals surface area contributed by atoms with Crippen LogP contribution in [-0.4, -0.2) is 148 Å². The SMILES string of the molecule is CCN(CC)CC.CCN(CC)CC.Nc1ncnc2c1ncn2[C@@H]1O[C@@H]2COP(O)(=S)O[C@@H]3[C@H](O)[C@@H](COP(=O)(O)O[C@H]2[C@H]1F)O[C@H]3n1cc(F)c2c(=O)[nH]cnc21. The van der Waals surface area contributed by atoms with E-state index in [0.29, 0.717) is 0 Å². The molecule has 0 spiro atoms. The van der Waals surface area contributed by atoms with Crippen LogP contribution in [0.4, 0.5) is 14.6 Å². The summed E-state index contributed by atoms with van der Waals surface area (Å²) in [7, 11) is -5.13. The largest absolute Gasteiger partial charge is 0.472 e. The van der Waals surface area contributed by atoms with E-state index in [-0.39, 0.29) is 22.6 Å². The van der Waals surface area contributed by atoms with Gasteiger partial charge in [-0.05, 0) is 51.1 Å². The Kier molecular flexibility index (Phi) is 16.2. The average molecular weight is 897 g/mol. The number of aliphatic hydroxyl groups excluding tert-OH is 1. The minimum Gasteiger partial charge on any atom is -0.387 e. The number of aromatic amines is 1. The van der Waals surface area contributed by atoms with Crippen molar-refractivity contribution in [3.05, 3.63) is 41.3 Å². The third-order valence-corrected chi connectivity index (χ3v) is 12.6. The minimum absolute atomic E-state index is 0.0104. The van der Waals surface area contributed by atoms with Gasteiger partial charge in [-0.1, -0.05) is 41.5 Å². The first-order chi connectivity index (χ1) is 28.0. The molecular weight excluding hydrogens is 844 g/mol. The molecule has 3 saturated heterocycles. The number of hydrogen-bond acceptors (Lipinski definition) is 17. The molecular formula is C33H52F2N10O11P2S. The van der Waals surface area contributed by atoms with Crippen molar-refractivity contribution in [2.24, 2.45) is 0 Å². The van der Waals surface area contributed by atoms with Gasteiger partial charge in [-0.25, -0.2) is 33.3 Å². The number of fused-ring (bicyclic) bond motifs is 5. The molecule has 330 valence electrons. The Balaban J connectivity index is 0.000000407. The summed E-state index contributed by atoms with van der Waals surface area (Å²) in [6, 6.07) is 0. The second-order valence-corrected chi connectivity index (χ2v) is 17.6. The summed E-state index contributed by atoms with van der Waals surface area (Å²) in [5.74, 6) is -0.978. The number of halogens is 2. The van der Waals surface area contributed by atoms with E-state index in [0.717, 1.165) is 23.4 Å². The fourth-order valence-corrected chi connectivity index (χ4v) is 9.09. The lowest BCUT2D eigenvalue weighted by Gasteiger charge is -2.27. The Morgan fingerprint density at radius 1 is 0.881 bits per heavy atom. The summed E-state index contributed by atoms with van der Waals surface area (Å²) in [5.41, 5.74) is 5.02. The number of alkyl halides is 1. The highest BCUT2D eigenvalue weighted by atomic mass is 32.5. The van der Waals surface area contributed by atoms with Crippen molar-refractivity contribution in [3.8, 4) is 0 Å². The van der Waals surface area contributed by atoms with Gasteiger partial charge in [0.1, 0.15) is 47.8 Å². The number of nitrogens with zero attached hydrogens (tertiary/aromatic N) is 8. The highest BCUT2D eigenvalue weighted by molar-refractivity contribution is 8.07. The summed E-state index contributed by atoms with van der Waals surface area (Å²) < 4.78 is 78.7. The zero-order valence-corrected chi connectivity index (χ0v) is 36.0. The number of H-pyrrole nitrogens is 1. The van der Waals surface area contributed by atoms with Crippen molar-refractivity contribution in [2.75, 3.05) is 58.2 Å². The third-order valence-electron chi connectivity index (χ3n) is 10.1. The molecule has 0 saturated carbocycles. The lowest BCUT2D eigenvalue weighted by molar-refractivity contribution is -0.0634. The number of phosphoric ester groups is 1. The van der Waals surface area contributed by atoms with Crippen molar-refractivity contribution >= 4 is 54.4 Å². The van der Waals surface area contributed by atoms with Crippen LogP contribution in [0.3, 0.4) is 0 Å². The lowest BCUT2D eigenvalue weighted by atomic mass is 10.1. The monoisotopic (exact) mass is 896 g/mol. The van der Waals surface area contributed by atoms with Gasteiger partial charge in [0.2, 0.25) is 0 Å². The number of hydrogen-bond donors (Lipinski definition) is 5. The predicted octanol–water partition coefficient (Wildman–Crippen LogP) is 2.61.